The second-order valence-electron chi connectivity index (χ2n) is 8.27. The molecule has 0 spiro atoms. The van der Waals surface area contributed by atoms with Crippen molar-refractivity contribution < 1.29 is 9.59 Å². The third-order valence-corrected chi connectivity index (χ3v) is 6.42. The number of amides is 1. The molecule has 2 aromatic heterocycles. The Labute approximate surface area is 195 Å². The summed E-state index contributed by atoms with van der Waals surface area (Å²) in [5.74, 6) is 0.552. The van der Waals surface area contributed by atoms with Gasteiger partial charge in [0.15, 0.2) is 5.78 Å². The number of anilines is 1. The first-order valence-electron chi connectivity index (χ1n) is 10.8. The van der Waals surface area contributed by atoms with Crippen molar-refractivity contribution in [3.63, 3.8) is 0 Å². The fraction of sp³-hybridized carbons (Fsp3) is 0.250. The van der Waals surface area contributed by atoms with Crippen molar-refractivity contribution in [1.82, 2.24) is 24.8 Å². The van der Waals surface area contributed by atoms with E-state index in [1.165, 1.54) is 6.33 Å². The second-order valence-corrected chi connectivity index (χ2v) is 8.68. The molecule has 1 amide bonds. The molecule has 0 aliphatic carbocycles. The molecule has 1 saturated heterocycles. The number of nitrogens with zero attached hydrogens (tertiary/aromatic N) is 4. The fourth-order valence-corrected chi connectivity index (χ4v) is 4.45. The summed E-state index contributed by atoms with van der Waals surface area (Å²) in [6, 6.07) is 11.3. The lowest BCUT2D eigenvalue weighted by molar-refractivity contribution is -0.136. The number of carbonyl (C=O) groups is 2. The number of H-pyrrole nitrogens is 1. The Kier molecular flexibility index (Phi) is 5.70. The highest BCUT2D eigenvalue weighted by atomic mass is 35.5. The van der Waals surface area contributed by atoms with Gasteiger partial charge >= 0.3 is 0 Å². The van der Waals surface area contributed by atoms with Crippen LogP contribution in [0.15, 0.2) is 48.9 Å². The third kappa shape index (κ3) is 4.40. The summed E-state index contributed by atoms with van der Waals surface area (Å²) in [6.45, 7) is 2.72. The Morgan fingerprint density at radius 3 is 2.82 bits per heavy atom. The van der Waals surface area contributed by atoms with E-state index < -0.39 is 0 Å². The predicted molar refractivity (Wildman–Crippen MR) is 128 cm³/mol. The number of aromatic nitrogens is 3. The Bertz CT molecular complexity index is 1370. The number of hydrogen-bond acceptors (Lipinski definition) is 6. The molecule has 1 aliphatic rings. The minimum absolute atomic E-state index is 0.0509. The van der Waals surface area contributed by atoms with E-state index in [0.29, 0.717) is 49.0 Å². The Morgan fingerprint density at radius 1 is 1.12 bits per heavy atom. The molecule has 4 aromatic rings. The van der Waals surface area contributed by atoms with Crippen molar-refractivity contribution in [3.05, 3.63) is 65.1 Å². The number of benzene rings is 2. The first-order chi connectivity index (χ1) is 16.0. The minimum Gasteiger partial charge on any atom is -0.383 e. The number of rotatable bonds is 6. The van der Waals surface area contributed by atoms with Crippen LogP contribution in [0.1, 0.15) is 22.3 Å². The highest BCUT2D eigenvalue weighted by Gasteiger charge is 2.24. The number of piperazine rings is 1. The number of nitrogens with one attached hydrogen (secondary N) is 1. The largest absolute Gasteiger partial charge is 0.383 e. The van der Waals surface area contributed by atoms with Crippen LogP contribution in [0, 0.1) is 0 Å². The van der Waals surface area contributed by atoms with Gasteiger partial charge in [-0.05, 0) is 23.8 Å². The Morgan fingerprint density at radius 2 is 1.97 bits per heavy atom. The fourth-order valence-electron chi connectivity index (χ4n) is 4.23. The van der Waals surface area contributed by atoms with Crippen molar-refractivity contribution in [3.8, 4) is 0 Å². The molecule has 0 unspecified atom stereocenters. The van der Waals surface area contributed by atoms with Gasteiger partial charge in [-0.3, -0.25) is 14.5 Å². The van der Waals surface area contributed by atoms with Crippen molar-refractivity contribution in [2.45, 2.75) is 13.0 Å². The molecule has 0 bridgehead atoms. The van der Waals surface area contributed by atoms with Gasteiger partial charge in [0.05, 0.1) is 17.1 Å². The first kappa shape index (κ1) is 21.4. The van der Waals surface area contributed by atoms with Gasteiger partial charge in [0.2, 0.25) is 5.91 Å². The van der Waals surface area contributed by atoms with Gasteiger partial charge in [0, 0.05) is 60.6 Å². The standard InChI is InChI=1S/C24H23ClN6O2/c25-19-11-27-21-10-16(2-4-17(19)21)22(32)5-6-30-7-8-31(23(33)13-30)12-15-1-3-18-20(9-15)28-14-29-24(18)26/h1-4,9-11,14,27H,5-8,12-13H2,(H2,26,28,29). The molecule has 2 aromatic carbocycles. The van der Waals surface area contributed by atoms with Crippen LogP contribution in [-0.2, 0) is 11.3 Å². The summed E-state index contributed by atoms with van der Waals surface area (Å²) < 4.78 is 0. The molecule has 168 valence electrons. The maximum Gasteiger partial charge on any atom is 0.237 e. The van der Waals surface area contributed by atoms with Crippen LogP contribution < -0.4 is 5.73 Å². The van der Waals surface area contributed by atoms with E-state index in [2.05, 4.69) is 15.0 Å². The maximum absolute atomic E-state index is 12.7. The number of ketones is 1. The monoisotopic (exact) mass is 462 g/mol. The molecule has 0 saturated carbocycles. The van der Waals surface area contributed by atoms with Crippen molar-refractivity contribution in [1.29, 1.82) is 0 Å². The van der Waals surface area contributed by atoms with Gasteiger partial charge < -0.3 is 15.6 Å². The van der Waals surface area contributed by atoms with Gasteiger partial charge in [-0.1, -0.05) is 29.8 Å². The summed E-state index contributed by atoms with van der Waals surface area (Å²) in [5, 5.41) is 2.35. The second kappa shape index (κ2) is 8.80. The summed E-state index contributed by atoms with van der Waals surface area (Å²) in [5.41, 5.74) is 9.14. The average molecular weight is 463 g/mol. The minimum atomic E-state index is 0.0509. The highest BCUT2D eigenvalue weighted by molar-refractivity contribution is 6.35. The lowest BCUT2D eigenvalue weighted by atomic mass is 10.1. The Balaban J connectivity index is 1.16. The van der Waals surface area contributed by atoms with E-state index in [9.17, 15) is 9.59 Å². The van der Waals surface area contributed by atoms with Crippen molar-refractivity contribution in [2.75, 3.05) is 31.9 Å². The molecule has 0 atom stereocenters. The Hall–Kier alpha value is -3.49. The van der Waals surface area contributed by atoms with E-state index in [1.807, 2.05) is 40.1 Å². The zero-order valence-corrected chi connectivity index (χ0v) is 18.7. The topological polar surface area (TPSA) is 108 Å². The SMILES string of the molecule is Nc1ncnc2cc(CN3CCN(CCC(=O)c4ccc5c(Cl)c[nH]c5c4)CC3=O)ccc12. The smallest absolute Gasteiger partial charge is 0.237 e. The van der Waals surface area contributed by atoms with E-state index >= 15 is 0 Å². The molecular weight excluding hydrogens is 440 g/mol. The van der Waals surface area contributed by atoms with Gasteiger partial charge in [-0.15, -0.1) is 0 Å². The predicted octanol–water partition coefficient (Wildman–Crippen LogP) is 3.26. The summed E-state index contributed by atoms with van der Waals surface area (Å²) in [7, 11) is 0. The molecule has 3 heterocycles. The zero-order chi connectivity index (χ0) is 22.9. The van der Waals surface area contributed by atoms with E-state index in [0.717, 1.165) is 33.9 Å². The number of Topliss-reactive ketones (excluding diaryl/α,β-unsaturated/α-hetero) is 1. The van der Waals surface area contributed by atoms with Crippen LogP contribution in [0.3, 0.4) is 0 Å². The van der Waals surface area contributed by atoms with Crippen LogP contribution in [0.4, 0.5) is 5.82 Å². The van der Waals surface area contributed by atoms with Crippen molar-refractivity contribution in [2.24, 2.45) is 0 Å². The molecular formula is C24H23ClN6O2. The molecule has 1 fully saturated rings. The van der Waals surface area contributed by atoms with Gasteiger partial charge in [0.1, 0.15) is 12.1 Å². The number of fused-ring (bicyclic) bond motifs is 2. The van der Waals surface area contributed by atoms with Gasteiger partial charge in [-0.25, -0.2) is 9.97 Å². The molecule has 3 N–H and O–H groups in total. The highest BCUT2D eigenvalue weighted by Crippen LogP contribution is 2.24. The molecule has 8 nitrogen and oxygen atoms in total. The lowest BCUT2D eigenvalue weighted by Gasteiger charge is -2.34. The van der Waals surface area contributed by atoms with Crippen LogP contribution in [-0.4, -0.2) is 62.6 Å². The normalized spacial score (nSPS) is 14.9. The molecule has 9 heteroatoms. The van der Waals surface area contributed by atoms with Gasteiger partial charge in [0.25, 0.3) is 0 Å². The number of carbonyl (C=O) groups excluding carboxylic acids is 2. The van der Waals surface area contributed by atoms with E-state index in [1.54, 1.807) is 12.3 Å². The average Bonchev–Trinajstić information content (AvgIpc) is 3.19. The number of nitrogens with two attached hydrogens (primary N) is 1. The molecule has 1 aliphatic heterocycles. The third-order valence-electron chi connectivity index (χ3n) is 6.11. The number of aromatic amines is 1. The zero-order valence-electron chi connectivity index (χ0n) is 17.9. The molecule has 5 rings (SSSR count). The van der Waals surface area contributed by atoms with Crippen LogP contribution >= 0.6 is 11.6 Å². The van der Waals surface area contributed by atoms with E-state index in [-0.39, 0.29) is 11.7 Å². The van der Waals surface area contributed by atoms with E-state index in [4.69, 9.17) is 17.3 Å². The van der Waals surface area contributed by atoms with Crippen molar-refractivity contribution >= 4 is 50.9 Å². The molecule has 33 heavy (non-hydrogen) atoms. The van der Waals surface area contributed by atoms with Crippen LogP contribution in [0.25, 0.3) is 21.8 Å². The summed E-state index contributed by atoms with van der Waals surface area (Å²) in [6.07, 6.45) is 3.52. The maximum atomic E-state index is 12.7. The first-order valence-corrected chi connectivity index (χ1v) is 11.1. The quantitative estimate of drug-likeness (QED) is 0.426. The lowest BCUT2D eigenvalue weighted by Crippen LogP contribution is -2.50. The number of halogens is 1. The number of hydrogen-bond donors (Lipinski definition) is 2. The van der Waals surface area contributed by atoms with Gasteiger partial charge in [-0.2, -0.15) is 0 Å². The number of nitrogen functional groups attached to an aromatic ring is 1. The summed E-state index contributed by atoms with van der Waals surface area (Å²) >= 11 is 6.11. The summed E-state index contributed by atoms with van der Waals surface area (Å²) in [4.78, 5) is 40.6. The van der Waals surface area contributed by atoms with Crippen LogP contribution in [0.5, 0.6) is 0 Å². The van der Waals surface area contributed by atoms with Crippen LogP contribution in [0.2, 0.25) is 5.02 Å². The molecule has 0 radical (unpaired) electrons.